The van der Waals surface area contributed by atoms with Crippen LogP contribution in [-0.4, -0.2) is 33.2 Å². The molecular formula is C19H23FN2O4S. The van der Waals surface area contributed by atoms with Crippen molar-refractivity contribution in [1.29, 1.82) is 0 Å². The summed E-state index contributed by atoms with van der Waals surface area (Å²) in [6.45, 7) is 3.61. The summed E-state index contributed by atoms with van der Waals surface area (Å²) < 4.78 is 44.6. The zero-order valence-corrected chi connectivity index (χ0v) is 16.3. The molecule has 0 radical (unpaired) electrons. The van der Waals surface area contributed by atoms with Gasteiger partial charge in [0.1, 0.15) is 11.6 Å². The zero-order valence-electron chi connectivity index (χ0n) is 15.5. The molecule has 0 saturated carbocycles. The SMILES string of the molecule is CC(C)Oc1ccccc1N(CCC(=O)Nc1cccc(F)c1)S(C)(=O)=O. The Morgan fingerprint density at radius 2 is 1.89 bits per heavy atom. The standard InChI is InChI=1S/C19H23FN2O4S/c1-14(2)26-18-10-5-4-9-17(18)22(27(3,24)25)12-11-19(23)21-16-8-6-7-15(20)13-16/h4-10,13-14H,11-12H2,1-3H3,(H,21,23). The van der Waals surface area contributed by atoms with Crippen molar-refractivity contribution >= 4 is 27.3 Å². The summed E-state index contributed by atoms with van der Waals surface area (Å²) in [5.74, 6) is -0.467. The fourth-order valence-electron chi connectivity index (χ4n) is 2.47. The molecule has 6 nitrogen and oxygen atoms in total. The Bertz CT molecular complexity index is 900. The van der Waals surface area contributed by atoms with Crippen LogP contribution < -0.4 is 14.4 Å². The van der Waals surface area contributed by atoms with E-state index >= 15 is 0 Å². The van der Waals surface area contributed by atoms with Crippen molar-refractivity contribution in [3.8, 4) is 5.75 Å². The molecule has 0 spiro atoms. The number of amides is 1. The molecule has 0 atom stereocenters. The smallest absolute Gasteiger partial charge is 0.232 e. The summed E-state index contributed by atoms with van der Waals surface area (Å²) in [7, 11) is -3.64. The molecule has 146 valence electrons. The molecule has 1 N–H and O–H groups in total. The Hall–Kier alpha value is -2.61. The van der Waals surface area contributed by atoms with Gasteiger partial charge in [-0.2, -0.15) is 0 Å². The highest BCUT2D eigenvalue weighted by molar-refractivity contribution is 7.92. The molecule has 2 rings (SSSR count). The quantitative estimate of drug-likeness (QED) is 0.745. The van der Waals surface area contributed by atoms with Crippen molar-refractivity contribution < 1.29 is 22.3 Å². The van der Waals surface area contributed by atoms with Crippen LogP contribution >= 0.6 is 0 Å². The molecule has 0 aliphatic carbocycles. The van der Waals surface area contributed by atoms with Crippen LogP contribution in [0.25, 0.3) is 0 Å². The number of hydrogen-bond acceptors (Lipinski definition) is 4. The average molecular weight is 394 g/mol. The molecule has 0 aliphatic heterocycles. The van der Waals surface area contributed by atoms with Crippen molar-refractivity contribution in [3.63, 3.8) is 0 Å². The number of rotatable bonds is 8. The molecule has 8 heteroatoms. The molecule has 0 fully saturated rings. The highest BCUT2D eigenvalue weighted by atomic mass is 32.2. The first-order valence-corrected chi connectivity index (χ1v) is 10.3. The van der Waals surface area contributed by atoms with Crippen molar-refractivity contribution in [3.05, 3.63) is 54.3 Å². The number of benzene rings is 2. The fraction of sp³-hybridized carbons (Fsp3) is 0.316. The van der Waals surface area contributed by atoms with Gasteiger partial charge >= 0.3 is 0 Å². The second-order valence-corrected chi connectivity index (χ2v) is 8.18. The van der Waals surface area contributed by atoms with Gasteiger partial charge in [-0.25, -0.2) is 12.8 Å². The predicted octanol–water partition coefficient (Wildman–Crippen LogP) is 3.41. The van der Waals surface area contributed by atoms with E-state index in [1.54, 1.807) is 30.3 Å². The molecule has 27 heavy (non-hydrogen) atoms. The van der Waals surface area contributed by atoms with Gasteiger partial charge in [0, 0.05) is 18.7 Å². The highest BCUT2D eigenvalue weighted by Crippen LogP contribution is 2.30. The van der Waals surface area contributed by atoms with E-state index in [1.807, 2.05) is 13.8 Å². The van der Waals surface area contributed by atoms with Gasteiger partial charge in [-0.3, -0.25) is 9.10 Å². The Morgan fingerprint density at radius 1 is 1.19 bits per heavy atom. The number of carbonyl (C=O) groups is 1. The third-order valence-electron chi connectivity index (χ3n) is 3.55. The lowest BCUT2D eigenvalue weighted by Gasteiger charge is -2.25. The predicted molar refractivity (Wildman–Crippen MR) is 104 cm³/mol. The summed E-state index contributed by atoms with van der Waals surface area (Å²) in [5, 5.41) is 2.56. The molecular weight excluding hydrogens is 371 g/mol. The summed E-state index contributed by atoms with van der Waals surface area (Å²) >= 11 is 0. The third-order valence-corrected chi connectivity index (χ3v) is 4.73. The number of halogens is 1. The van der Waals surface area contributed by atoms with Crippen molar-refractivity contribution in [2.24, 2.45) is 0 Å². The molecule has 2 aromatic carbocycles. The number of hydrogen-bond donors (Lipinski definition) is 1. The average Bonchev–Trinajstić information content (AvgIpc) is 2.54. The number of nitrogens with one attached hydrogen (secondary N) is 1. The van der Waals surface area contributed by atoms with Crippen LogP contribution in [-0.2, 0) is 14.8 Å². The number of ether oxygens (including phenoxy) is 1. The minimum Gasteiger partial charge on any atom is -0.489 e. The molecule has 0 heterocycles. The van der Waals surface area contributed by atoms with Crippen molar-refractivity contribution in [1.82, 2.24) is 0 Å². The normalized spacial score (nSPS) is 11.3. The Balaban J connectivity index is 2.16. The van der Waals surface area contributed by atoms with Gasteiger partial charge in [-0.1, -0.05) is 18.2 Å². The van der Waals surface area contributed by atoms with E-state index in [0.29, 0.717) is 17.1 Å². The van der Waals surface area contributed by atoms with Gasteiger partial charge in [-0.05, 0) is 44.2 Å². The van der Waals surface area contributed by atoms with Gasteiger partial charge < -0.3 is 10.1 Å². The molecule has 0 unspecified atom stereocenters. The second-order valence-electron chi connectivity index (χ2n) is 6.28. The first-order valence-electron chi connectivity index (χ1n) is 8.45. The van der Waals surface area contributed by atoms with Crippen molar-refractivity contribution in [2.45, 2.75) is 26.4 Å². The van der Waals surface area contributed by atoms with Crippen LogP contribution in [0.15, 0.2) is 48.5 Å². The molecule has 0 bridgehead atoms. The summed E-state index contributed by atoms with van der Waals surface area (Å²) in [6, 6.07) is 12.3. The van der Waals surface area contributed by atoms with Crippen LogP contribution in [0.5, 0.6) is 5.75 Å². The Labute approximate surface area is 159 Å². The monoisotopic (exact) mass is 394 g/mol. The maximum absolute atomic E-state index is 13.2. The van der Waals surface area contributed by atoms with E-state index < -0.39 is 21.7 Å². The zero-order chi connectivity index (χ0) is 20.0. The van der Waals surface area contributed by atoms with E-state index in [4.69, 9.17) is 4.74 Å². The lowest BCUT2D eigenvalue weighted by molar-refractivity contribution is -0.116. The van der Waals surface area contributed by atoms with Crippen LogP contribution in [0, 0.1) is 5.82 Å². The van der Waals surface area contributed by atoms with Gasteiger partial charge in [0.05, 0.1) is 18.0 Å². The van der Waals surface area contributed by atoms with E-state index in [1.165, 1.54) is 18.2 Å². The van der Waals surface area contributed by atoms with Crippen molar-refractivity contribution in [2.75, 3.05) is 22.4 Å². The van der Waals surface area contributed by atoms with Crippen LogP contribution in [0.2, 0.25) is 0 Å². The molecule has 0 aromatic heterocycles. The number of carbonyl (C=O) groups excluding carboxylic acids is 1. The van der Waals surface area contributed by atoms with Crippen LogP contribution in [0.4, 0.5) is 15.8 Å². The summed E-state index contributed by atoms with van der Waals surface area (Å²) in [4.78, 5) is 12.2. The molecule has 2 aromatic rings. The minimum absolute atomic E-state index is 0.0710. The second kappa shape index (κ2) is 8.85. The molecule has 0 aliphatic rings. The number of nitrogens with zero attached hydrogens (tertiary/aromatic N) is 1. The van der Waals surface area contributed by atoms with E-state index in [2.05, 4.69) is 5.32 Å². The van der Waals surface area contributed by atoms with E-state index in [9.17, 15) is 17.6 Å². The van der Waals surface area contributed by atoms with Gasteiger partial charge in [0.25, 0.3) is 0 Å². The lowest BCUT2D eigenvalue weighted by atomic mass is 10.2. The Kier molecular flexibility index (Phi) is 6.79. The highest BCUT2D eigenvalue weighted by Gasteiger charge is 2.22. The molecule has 0 saturated heterocycles. The lowest BCUT2D eigenvalue weighted by Crippen LogP contribution is -2.33. The van der Waals surface area contributed by atoms with Gasteiger partial charge in [-0.15, -0.1) is 0 Å². The number of para-hydroxylation sites is 2. The minimum atomic E-state index is -3.64. The van der Waals surface area contributed by atoms with Crippen LogP contribution in [0.1, 0.15) is 20.3 Å². The Morgan fingerprint density at radius 3 is 2.52 bits per heavy atom. The van der Waals surface area contributed by atoms with Gasteiger partial charge in [0.15, 0.2) is 0 Å². The maximum atomic E-state index is 13.2. The fourth-order valence-corrected chi connectivity index (χ4v) is 3.41. The number of anilines is 2. The van der Waals surface area contributed by atoms with E-state index in [-0.39, 0.29) is 19.1 Å². The first-order chi connectivity index (χ1) is 12.7. The molecule has 1 amide bonds. The first kappa shape index (κ1) is 20.7. The topological polar surface area (TPSA) is 75.7 Å². The third kappa shape index (κ3) is 6.25. The summed E-state index contributed by atoms with van der Waals surface area (Å²) in [5.41, 5.74) is 0.682. The summed E-state index contributed by atoms with van der Waals surface area (Å²) in [6.07, 6.45) is 0.840. The van der Waals surface area contributed by atoms with E-state index in [0.717, 1.165) is 10.6 Å². The largest absolute Gasteiger partial charge is 0.489 e. The van der Waals surface area contributed by atoms with Crippen LogP contribution in [0.3, 0.4) is 0 Å². The number of sulfonamides is 1. The maximum Gasteiger partial charge on any atom is 0.232 e. The van der Waals surface area contributed by atoms with Gasteiger partial charge in [0.2, 0.25) is 15.9 Å².